The molecule has 0 fully saturated rings. The van der Waals surface area contributed by atoms with E-state index in [2.05, 4.69) is 14.7 Å². The summed E-state index contributed by atoms with van der Waals surface area (Å²) in [5, 5.41) is -0.169. The van der Waals surface area contributed by atoms with Crippen LogP contribution in [0.25, 0.3) is 11.0 Å². The summed E-state index contributed by atoms with van der Waals surface area (Å²) in [5.74, 6) is -0.202. The predicted octanol–water partition coefficient (Wildman–Crippen LogP) is 1.95. The van der Waals surface area contributed by atoms with Gasteiger partial charge < -0.3 is 9.72 Å². The van der Waals surface area contributed by atoms with E-state index in [4.69, 9.17) is 0 Å². The van der Waals surface area contributed by atoms with E-state index in [1.807, 2.05) is 0 Å². The largest absolute Gasteiger partial charge is 0.481 e. The van der Waals surface area contributed by atoms with Gasteiger partial charge in [0.25, 0.3) is 0 Å². The molecule has 0 spiro atoms. The highest BCUT2D eigenvalue weighted by atomic mass is 19.4. The second kappa shape index (κ2) is 3.76. The molecule has 4 nitrogen and oxygen atoms in total. The van der Waals surface area contributed by atoms with E-state index in [-0.39, 0.29) is 16.9 Å². The Kier molecular flexibility index (Phi) is 2.53. The standard InChI is InChI=1S/C10H7F3N2O2/c1-17-8-4-6(10(11,12)13)5-2-3-7(16)14-9(5)15-8/h2-4H,1H3,(H,14,15,16). The monoisotopic (exact) mass is 244 g/mol. The van der Waals surface area contributed by atoms with Gasteiger partial charge in [0.15, 0.2) is 0 Å². The number of H-pyrrole nitrogens is 1. The summed E-state index contributed by atoms with van der Waals surface area (Å²) >= 11 is 0. The second-order valence-electron chi connectivity index (χ2n) is 3.29. The lowest BCUT2D eigenvalue weighted by atomic mass is 10.1. The van der Waals surface area contributed by atoms with Gasteiger partial charge in [-0.15, -0.1) is 0 Å². The number of alkyl halides is 3. The van der Waals surface area contributed by atoms with E-state index in [9.17, 15) is 18.0 Å². The number of pyridine rings is 2. The molecule has 0 bridgehead atoms. The van der Waals surface area contributed by atoms with Crippen LogP contribution in [-0.4, -0.2) is 17.1 Å². The Labute approximate surface area is 93.1 Å². The van der Waals surface area contributed by atoms with Crippen LogP contribution in [0.3, 0.4) is 0 Å². The van der Waals surface area contributed by atoms with Gasteiger partial charge in [0.2, 0.25) is 11.4 Å². The molecule has 2 aromatic rings. The molecule has 0 atom stereocenters. The van der Waals surface area contributed by atoms with Gasteiger partial charge in [0.1, 0.15) is 5.65 Å². The van der Waals surface area contributed by atoms with Crippen molar-refractivity contribution in [2.45, 2.75) is 6.18 Å². The molecule has 2 rings (SSSR count). The third-order valence-electron chi connectivity index (χ3n) is 2.19. The molecule has 0 aliphatic heterocycles. The number of rotatable bonds is 1. The number of aromatic amines is 1. The lowest BCUT2D eigenvalue weighted by Gasteiger charge is -2.11. The molecule has 0 aromatic carbocycles. The van der Waals surface area contributed by atoms with Crippen molar-refractivity contribution in [3.63, 3.8) is 0 Å². The van der Waals surface area contributed by atoms with E-state index in [0.29, 0.717) is 0 Å². The fourth-order valence-electron chi connectivity index (χ4n) is 1.45. The maximum atomic E-state index is 12.8. The first-order chi connectivity index (χ1) is 7.91. The Morgan fingerprint density at radius 1 is 1.35 bits per heavy atom. The Balaban J connectivity index is 2.85. The summed E-state index contributed by atoms with van der Waals surface area (Å²) in [6, 6.07) is 2.90. The maximum absolute atomic E-state index is 12.8. The number of hydrogen-bond acceptors (Lipinski definition) is 3. The van der Waals surface area contributed by atoms with Crippen molar-refractivity contribution in [1.29, 1.82) is 0 Å². The Hall–Kier alpha value is -2.05. The molecule has 1 N–H and O–H groups in total. The molecule has 90 valence electrons. The number of ether oxygens (including phenoxy) is 1. The van der Waals surface area contributed by atoms with Gasteiger partial charge in [-0.2, -0.15) is 18.2 Å². The van der Waals surface area contributed by atoms with Crippen molar-refractivity contribution in [3.8, 4) is 5.88 Å². The van der Waals surface area contributed by atoms with Crippen LogP contribution in [0.4, 0.5) is 13.2 Å². The molecular weight excluding hydrogens is 237 g/mol. The highest BCUT2D eigenvalue weighted by molar-refractivity contribution is 5.79. The first kappa shape index (κ1) is 11.4. The van der Waals surface area contributed by atoms with Crippen LogP contribution in [0.5, 0.6) is 5.88 Å². The Morgan fingerprint density at radius 2 is 2.06 bits per heavy atom. The summed E-state index contributed by atoms with van der Waals surface area (Å²) in [6.07, 6.45) is -4.54. The lowest BCUT2D eigenvalue weighted by Crippen LogP contribution is -2.11. The Morgan fingerprint density at radius 3 is 2.65 bits per heavy atom. The SMILES string of the molecule is COc1cc(C(F)(F)F)c2ccc(=O)[nH]c2n1. The number of nitrogens with zero attached hydrogens (tertiary/aromatic N) is 1. The average Bonchev–Trinajstić information content (AvgIpc) is 2.25. The number of hydrogen-bond donors (Lipinski definition) is 1. The summed E-state index contributed by atoms with van der Waals surface area (Å²) in [7, 11) is 1.20. The first-order valence-corrected chi connectivity index (χ1v) is 4.57. The summed E-state index contributed by atoms with van der Waals surface area (Å²) in [5.41, 5.74) is -1.56. The van der Waals surface area contributed by atoms with Crippen molar-refractivity contribution in [1.82, 2.24) is 9.97 Å². The summed E-state index contributed by atoms with van der Waals surface area (Å²) < 4.78 is 42.9. The molecule has 0 saturated heterocycles. The molecular formula is C10H7F3N2O2. The van der Waals surface area contributed by atoms with Crippen LogP contribution >= 0.6 is 0 Å². The quantitative estimate of drug-likeness (QED) is 0.834. The zero-order chi connectivity index (χ0) is 12.6. The zero-order valence-corrected chi connectivity index (χ0v) is 8.63. The van der Waals surface area contributed by atoms with Gasteiger partial charge in [0.05, 0.1) is 12.7 Å². The van der Waals surface area contributed by atoms with Crippen molar-refractivity contribution in [2.75, 3.05) is 7.11 Å². The van der Waals surface area contributed by atoms with E-state index >= 15 is 0 Å². The molecule has 17 heavy (non-hydrogen) atoms. The Bertz CT molecular complexity index is 619. The number of aromatic nitrogens is 2. The van der Waals surface area contributed by atoms with Crippen LogP contribution in [0.1, 0.15) is 5.56 Å². The van der Waals surface area contributed by atoms with Crippen LogP contribution in [0, 0.1) is 0 Å². The molecule has 0 aliphatic carbocycles. The van der Waals surface area contributed by atoms with Crippen LogP contribution in [0.2, 0.25) is 0 Å². The molecule has 7 heteroatoms. The summed E-state index contributed by atoms with van der Waals surface area (Å²) in [6.45, 7) is 0. The van der Waals surface area contributed by atoms with E-state index in [1.165, 1.54) is 7.11 Å². The molecule has 2 heterocycles. The first-order valence-electron chi connectivity index (χ1n) is 4.57. The number of nitrogens with one attached hydrogen (secondary N) is 1. The number of halogens is 3. The molecule has 0 unspecified atom stereocenters. The minimum Gasteiger partial charge on any atom is -0.481 e. The van der Waals surface area contributed by atoms with Gasteiger partial charge in [-0.3, -0.25) is 4.79 Å². The highest BCUT2D eigenvalue weighted by Crippen LogP contribution is 2.35. The molecule has 0 amide bonds. The van der Waals surface area contributed by atoms with Gasteiger partial charge in [0, 0.05) is 17.5 Å². The average molecular weight is 244 g/mol. The molecule has 0 radical (unpaired) electrons. The number of methoxy groups -OCH3 is 1. The fraction of sp³-hybridized carbons (Fsp3) is 0.200. The third kappa shape index (κ3) is 2.08. The van der Waals surface area contributed by atoms with Crippen molar-refractivity contribution in [3.05, 3.63) is 34.1 Å². The summed E-state index contributed by atoms with van der Waals surface area (Å²) in [4.78, 5) is 17.0. The van der Waals surface area contributed by atoms with Crippen LogP contribution in [0.15, 0.2) is 23.0 Å². The minimum absolute atomic E-state index is 0.149. The van der Waals surface area contributed by atoms with Crippen molar-refractivity contribution in [2.24, 2.45) is 0 Å². The molecule has 2 aromatic heterocycles. The maximum Gasteiger partial charge on any atom is 0.417 e. The van der Waals surface area contributed by atoms with E-state index in [1.54, 1.807) is 0 Å². The van der Waals surface area contributed by atoms with Crippen LogP contribution in [-0.2, 0) is 6.18 Å². The highest BCUT2D eigenvalue weighted by Gasteiger charge is 2.33. The number of fused-ring (bicyclic) bond motifs is 1. The van der Waals surface area contributed by atoms with Gasteiger partial charge in [-0.05, 0) is 6.07 Å². The van der Waals surface area contributed by atoms with Gasteiger partial charge >= 0.3 is 6.18 Å². The zero-order valence-electron chi connectivity index (χ0n) is 8.63. The second-order valence-corrected chi connectivity index (χ2v) is 3.29. The lowest BCUT2D eigenvalue weighted by molar-refractivity contribution is -0.136. The normalized spacial score (nSPS) is 11.8. The predicted molar refractivity (Wildman–Crippen MR) is 53.9 cm³/mol. The van der Waals surface area contributed by atoms with Crippen molar-refractivity contribution >= 4 is 11.0 Å². The molecule has 0 aliphatic rings. The van der Waals surface area contributed by atoms with E-state index < -0.39 is 17.3 Å². The third-order valence-corrected chi connectivity index (χ3v) is 2.19. The van der Waals surface area contributed by atoms with Gasteiger partial charge in [-0.1, -0.05) is 0 Å². The fourth-order valence-corrected chi connectivity index (χ4v) is 1.45. The van der Waals surface area contributed by atoms with Crippen LogP contribution < -0.4 is 10.3 Å². The topological polar surface area (TPSA) is 55.0 Å². The van der Waals surface area contributed by atoms with Crippen molar-refractivity contribution < 1.29 is 17.9 Å². The minimum atomic E-state index is -4.54. The molecule has 0 saturated carbocycles. The van der Waals surface area contributed by atoms with E-state index in [0.717, 1.165) is 18.2 Å². The smallest absolute Gasteiger partial charge is 0.417 e. The van der Waals surface area contributed by atoms with Gasteiger partial charge in [-0.25, -0.2) is 0 Å².